The minimum absolute atomic E-state index is 0.0723. The third-order valence-electron chi connectivity index (χ3n) is 2.84. The Hall–Kier alpha value is -2.12. The SMILES string of the molecule is N#Cc1ccc(S(=O)(=O)CCc2ccccc2)cc1. The van der Waals surface area contributed by atoms with Crippen LogP contribution in [0.2, 0.25) is 0 Å². The van der Waals surface area contributed by atoms with Gasteiger partial charge in [-0.3, -0.25) is 0 Å². The fourth-order valence-electron chi connectivity index (χ4n) is 1.75. The molecular formula is C15H13NO2S. The molecule has 19 heavy (non-hydrogen) atoms. The highest BCUT2D eigenvalue weighted by Crippen LogP contribution is 2.14. The molecule has 0 aliphatic rings. The van der Waals surface area contributed by atoms with Gasteiger partial charge >= 0.3 is 0 Å². The molecule has 0 aliphatic heterocycles. The molecule has 0 amide bonds. The van der Waals surface area contributed by atoms with E-state index in [-0.39, 0.29) is 10.6 Å². The molecule has 0 atom stereocenters. The maximum atomic E-state index is 12.1. The quantitative estimate of drug-likeness (QED) is 0.858. The standard InChI is InChI=1S/C15H13NO2S/c16-12-14-6-8-15(9-7-14)19(17,18)11-10-13-4-2-1-3-5-13/h1-9H,10-11H2. The zero-order valence-corrected chi connectivity index (χ0v) is 11.1. The van der Waals surface area contributed by atoms with E-state index in [1.807, 2.05) is 36.4 Å². The Kier molecular flexibility index (Phi) is 3.98. The zero-order chi connectivity index (χ0) is 13.7. The summed E-state index contributed by atoms with van der Waals surface area (Å²) >= 11 is 0. The molecule has 2 aromatic rings. The van der Waals surface area contributed by atoms with Gasteiger partial charge in [-0.1, -0.05) is 30.3 Å². The van der Waals surface area contributed by atoms with Crippen molar-refractivity contribution in [3.8, 4) is 6.07 Å². The van der Waals surface area contributed by atoms with Gasteiger partial charge in [-0.2, -0.15) is 5.26 Å². The van der Waals surface area contributed by atoms with Crippen molar-refractivity contribution in [2.45, 2.75) is 11.3 Å². The smallest absolute Gasteiger partial charge is 0.178 e. The molecule has 0 heterocycles. The Balaban J connectivity index is 2.12. The van der Waals surface area contributed by atoms with Crippen LogP contribution in [-0.2, 0) is 16.3 Å². The largest absolute Gasteiger partial charge is 0.224 e. The van der Waals surface area contributed by atoms with Crippen LogP contribution in [0.5, 0.6) is 0 Å². The van der Waals surface area contributed by atoms with E-state index in [0.29, 0.717) is 12.0 Å². The predicted octanol–water partition coefficient (Wildman–Crippen LogP) is 2.57. The number of rotatable bonds is 4. The molecule has 2 rings (SSSR count). The van der Waals surface area contributed by atoms with Crippen LogP contribution < -0.4 is 0 Å². The number of hydrogen-bond donors (Lipinski definition) is 0. The molecule has 3 nitrogen and oxygen atoms in total. The molecule has 0 saturated heterocycles. The van der Waals surface area contributed by atoms with Crippen molar-refractivity contribution in [1.29, 1.82) is 5.26 Å². The number of sulfone groups is 1. The van der Waals surface area contributed by atoms with Crippen molar-refractivity contribution in [2.24, 2.45) is 0 Å². The van der Waals surface area contributed by atoms with Gasteiger partial charge in [0.2, 0.25) is 0 Å². The minimum Gasteiger partial charge on any atom is -0.224 e. The molecule has 0 unspecified atom stereocenters. The van der Waals surface area contributed by atoms with Crippen LogP contribution in [0, 0.1) is 11.3 Å². The van der Waals surface area contributed by atoms with Crippen LogP contribution >= 0.6 is 0 Å². The number of benzene rings is 2. The number of hydrogen-bond acceptors (Lipinski definition) is 3. The third-order valence-corrected chi connectivity index (χ3v) is 4.58. The zero-order valence-electron chi connectivity index (χ0n) is 10.3. The lowest BCUT2D eigenvalue weighted by atomic mass is 10.2. The van der Waals surface area contributed by atoms with Crippen molar-refractivity contribution in [3.05, 3.63) is 65.7 Å². The van der Waals surface area contributed by atoms with Gasteiger partial charge in [0.05, 0.1) is 22.3 Å². The van der Waals surface area contributed by atoms with E-state index in [1.165, 1.54) is 24.3 Å². The molecule has 0 spiro atoms. The monoisotopic (exact) mass is 271 g/mol. The summed E-state index contributed by atoms with van der Waals surface area (Å²) in [4.78, 5) is 0.266. The summed E-state index contributed by atoms with van der Waals surface area (Å²) in [5.74, 6) is 0.0723. The number of nitrogens with zero attached hydrogens (tertiary/aromatic N) is 1. The number of nitriles is 1. The number of aryl methyl sites for hydroxylation is 1. The normalized spacial score (nSPS) is 10.9. The van der Waals surface area contributed by atoms with E-state index in [4.69, 9.17) is 5.26 Å². The molecule has 96 valence electrons. The van der Waals surface area contributed by atoms with E-state index in [0.717, 1.165) is 5.56 Å². The second-order valence-electron chi connectivity index (χ2n) is 4.19. The van der Waals surface area contributed by atoms with E-state index in [2.05, 4.69) is 0 Å². The average Bonchev–Trinajstić information content (AvgIpc) is 2.46. The molecule has 0 N–H and O–H groups in total. The lowest BCUT2D eigenvalue weighted by Crippen LogP contribution is -2.09. The highest BCUT2D eigenvalue weighted by Gasteiger charge is 2.14. The highest BCUT2D eigenvalue weighted by atomic mass is 32.2. The molecule has 4 heteroatoms. The lowest BCUT2D eigenvalue weighted by molar-refractivity contribution is 0.595. The van der Waals surface area contributed by atoms with E-state index in [1.54, 1.807) is 0 Å². The molecular weight excluding hydrogens is 258 g/mol. The second kappa shape index (κ2) is 5.68. The van der Waals surface area contributed by atoms with Gasteiger partial charge in [0.1, 0.15) is 0 Å². The third kappa shape index (κ3) is 3.43. The van der Waals surface area contributed by atoms with Gasteiger partial charge in [-0.15, -0.1) is 0 Å². The van der Waals surface area contributed by atoms with Gasteiger partial charge in [0, 0.05) is 0 Å². The van der Waals surface area contributed by atoms with Crippen LogP contribution in [0.4, 0.5) is 0 Å². The first-order valence-corrected chi connectivity index (χ1v) is 7.54. The Labute approximate surface area is 113 Å². The van der Waals surface area contributed by atoms with Gasteiger partial charge in [-0.25, -0.2) is 8.42 Å². The Bertz CT molecular complexity index is 683. The predicted molar refractivity (Wildman–Crippen MR) is 73.4 cm³/mol. The summed E-state index contributed by atoms with van der Waals surface area (Å²) in [5.41, 5.74) is 1.46. The van der Waals surface area contributed by atoms with Crippen LogP contribution in [0.15, 0.2) is 59.5 Å². The molecule has 0 fully saturated rings. The summed E-state index contributed by atoms with van der Waals surface area (Å²) in [6.45, 7) is 0. The first kappa shape index (κ1) is 13.3. The van der Waals surface area contributed by atoms with Crippen molar-refractivity contribution in [1.82, 2.24) is 0 Å². The first-order chi connectivity index (χ1) is 9.12. The fourth-order valence-corrected chi connectivity index (χ4v) is 3.04. The summed E-state index contributed by atoms with van der Waals surface area (Å²) in [5, 5.41) is 8.68. The van der Waals surface area contributed by atoms with Crippen molar-refractivity contribution >= 4 is 9.84 Å². The molecule has 0 bridgehead atoms. The highest BCUT2D eigenvalue weighted by molar-refractivity contribution is 7.91. The van der Waals surface area contributed by atoms with Crippen LogP contribution in [0.1, 0.15) is 11.1 Å². The van der Waals surface area contributed by atoms with Crippen molar-refractivity contribution in [2.75, 3.05) is 5.75 Å². The van der Waals surface area contributed by atoms with Crippen molar-refractivity contribution < 1.29 is 8.42 Å². The molecule has 2 aromatic carbocycles. The topological polar surface area (TPSA) is 57.9 Å². The fraction of sp³-hybridized carbons (Fsp3) is 0.133. The summed E-state index contributed by atoms with van der Waals surface area (Å²) in [6.07, 6.45) is 0.489. The first-order valence-electron chi connectivity index (χ1n) is 5.89. The molecule has 0 aliphatic carbocycles. The Morgan fingerprint density at radius 3 is 2.16 bits per heavy atom. The van der Waals surface area contributed by atoms with Crippen LogP contribution in [0.25, 0.3) is 0 Å². The van der Waals surface area contributed by atoms with Crippen LogP contribution in [0.3, 0.4) is 0 Å². The average molecular weight is 271 g/mol. The van der Waals surface area contributed by atoms with E-state index >= 15 is 0 Å². The second-order valence-corrected chi connectivity index (χ2v) is 6.30. The maximum Gasteiger partial charge on any atom is 0.178 e. The summed E-state index contributed by atoms with van der Waals surface area (Å²) in [7, 11) is -3.29. The molecule has 0 radical (unpaired) electrons. The molecule has 0 aromatic heterocycles. The van der Waals surface area contributed by atoms with E-state index < -0.39 is 9.84 Å². The summed E-state index contributed by atoms with van der Waals surface area (Å²) < 4.78 is 24.2. The summed E-state index contributed by atoms with van der Waals surface area (Å²) in [6, 6.07) is 17.5. The van der Waals surface area contributed by atoms with E-state index in [9.17, 15) is 8.42 Å². The van der Waals surface area contributed by atoms with Gasteiger partial charge in [-0.05, 0) is 36.2 Å². The van der Waals surface area contributed by atoms with Crippen molar-refractivity contribution in [3.63, 3.8) is 0 Å². The van der Waals surface area contributed by atoms with Crippen LogP contribution in [-0.4, -0.2) is 14.2 Å². The van der Waals surface area contributed by atoms with Gasteiger partial charge in [0.25, 0.3) is 0 Å². The van der Waals surface area contributed by atoms with Gasteiger partial charge in [0.15, 0.2) is 9.84 Å². The Morgan fingerprint density at radius 2 is 1.58 bits per heavy atom. The lowest BCUT2D eigenvalue weighted by Gasteiger charge is -2.04. The minimum atomic E-state index is -3.29. The molecule has 0 saturated carbocycles. The Morgan fingerprint density at radius 1 is 0.947 bits per heavy atom. The van der Waals surface area contributed by atoms with Gasteiger partial charge < -0.3 is 0 Å². The maximum absolute atomic E-state index is 12.1.